The summed E-state index contributed by atoms with van der Waals surface area (Å²) in [5.74, 6) is 0.602. The van der Waals surface area contributed by atoms with Crippen LogP contribution in [0.25, 0.3) is 0 Å². The standard InChI is InChI=1S/C13H24N4O2S/c1-3-16(4-2)11-12-5-7-17(8-6-12)20(18,19)13-9-14-15-10-13/h9-10,12H,3-8,11H2,1-2H3,(H,14,15). The average Bonchev–Trinajstić information content (AvgIpc) is 3.00. The van der Waals surface area contributed by atoms with E-state index in [9.17, 15) is 8.42 Å². The topological polar surface area (TPSA) is 69.3 Å². The molecule has 1 saturated heterocycles. The van der Waals surface area contributed by atoms with Crippen LogP contribution in [0, 0.1) is 5.92 Å². The Labute approximate surface area is 121 Å². The van der Waals surface area contributed by atoms with E-state index in [2.05, 4.69) is 28.9 Å². The minimum Gasteiger partial charge on any atom is -0.304 e. The molecule has 0 atom stereocenters. The summed E-state index contributed by atoms with van der Waals surface area (Å²) in [4.78, 5) is 2.67. The Bertz CT molecular complexity index is 488. The third kappa shape index (κ3) is 3.39. The molecule has 0 spiro atoms. The van der Waals surface area contributed by atoms with Gasteiger partial charge in [0.2, 0.25) is 10.0 Å². The molecule has 20 heavy (non-hydrogen) atoms. The van der Waals surface area contributed by atoms with E-state index in [1.54, 1.807) is 4.31 Å². The largest absolute Gasteiger partial charge is 0.304 e. The van der Waals surface area contributed by atoms with E-state index in [-0.39, 0.29) is 4.90 Å². The van der Waals surface area contributed by atoms with Gasteiger partial charge in [-0.3, -0.25) is 5.10 Å². The molecule has 0 amide bonds. The van der Waals surface area contributed by atoms with Crippen molar-refractivity contribution < 1.29 is 8.42 Å². The van der Waals surface area contributed by atoms with Crippen LogP contribution in [0.1, 0.15) is 26.7 Å². The molecule has 0 aromatic carbocycles. The molecule has 0 aliphatic carbocycles. The van der Waals surface area contributed by atoms with Gasteiger partial charge < -0.3 is 4.90 Å². The molecule has 0 saturated carbocycles. The van der Waals surface area contributed by atoms with Crippen molar-refractivity contribution in [3.8, 4) is 0 Å². The molecule has 1 aliphatic heterocycles. The number of nitrogens with zero attached hydrogens (tertiary/aromatic N) is 3. The first kappa shape index (κ1) is 15.5. The van der Waals surface area contributed by atoms with E-state index < -0.39 is 10.0 Å². The van der Waals surface area contributed by atoms with Gasteiger partial charge in [0.15, 0.2) is 0 Å². The van der Waals surface area contributed by atoms with E-state index in [4.69, 9.17) is 0 Å². The number of nitrogens with one attached hydrogen (secondary N) is 1. The van der Waals surface area contributed by atoms with Crippen molar-refractivity contribution in [2.24, 2.45) is 5.92 Å². The second-order valence-corrected chi connectivity index (χ2v) is 7.21. The lowest BCUT2D eigenvalue weighted by Crippen LogP contribution is -2.41. The van der Waals surface area contributed by atoms with Crippen LogP contribution in [0.4, 0.5) is 0 Å². The number of aromatic amines is 1. The fourth-order valence-corrected chi connectivity index (χ4v) is 4.09. The second-order valence-electron chi connectivity index (χ2n) is 5.27. The van der Waals surface area contributed by atoms with Crippen LogP contribution in [0.2, 0.25) is 0 Å². The lowest BCUT2D eigenvalue weighted by molar-refractivity contribution is 0.193. The maximum absolute atomic E-state index is 12.3. The highest BCUT2D eigenvalue weighted by Gasteiger charge is 2.30. The van der Waals surface area contributed by atoms with Crippen LogP contribution in [0.15, 0.2) is 17.3 Å². The van der Waals surface area contributed by atoms with Crippen molar-refractivity contribution >= 4 is 10.0 Å². The fraction of sp³-hybridized carbons (Fsp3) is 0.769. The smallest absolute Gasteiger partial charge is 0.246 e. The summed E-state index contributed by atoms with van der Waals surface area (Å²) < 4.78 is 26.3. The summed E-state index contributed by atoms with van der Waals surface area (Å²) >= 11 is 0. The number of rotatable bonds is 6. The van der Waals surface area contributed by atoms with Crippen molar-refractivity contribution in [3.05, 3.63) is 12.4 Å². The SMILES string of the molecule is CCN(CC)CC1CCN(S(=O)(=O)c2cn[nH]c2)CC1. The van der Waals surface area contributed by atoms with Crippen molar-refractivity contribution in [3.63, 3.8) is 0 Å². The Morgan fingerprint density at radius 2 is 2.00 bits per heavy atom. The Hall–Kier alpha value is -0.920. The molecule has 7 heteroatoms. The molecule has 1 aromatic rings. The van der Waals surface area contributed by atoms with Crippen LogP contribution in [0.5, 0.6) is 0 Å². The fourth-order valence-electron chi connectivity index (χ4n) is 2.71. The van der Waals surface area contributed by atoms with Crippen LogP contribution in [0.3, 0.4) is 0 Å². The van der Waals surface area contributed by atoms with Gasteiger partial charge in [0.05, 0.1) is 6.20 Å². The summed E-state index contributed by atoms with van der Waals surface area (Å²) in [5.41, 5.74) is 0. The molecule has 2 heterocycles. The Kier molecular flexibility index (Phi) is 5.17. The molecule has 6 nitrogen and oxygen atoms in total. The molecule has 1 fully saturated rings. The molecule has 1 N–H and O–H groups in total. The maximum Gasteiger partial charge on any atom is 0.246 e. The van der Waals surface area contributed by atoms with Crippen molar-refractivity contribution in [2.45, 2.75) is 31.6 Å². The third-order valence-corrected chi connectivity index (χ3v) is 5.96. The average molecular weight is 300 g/mol. The van der Waals surface area contributed by atoms with Gasteiger partial charge in [-0.05, 0) is 31.8 Å². The van der Waals surface area contributed by atoms with E-state index in [1.807, 2.05) is 0 Å². The van der Waals surface area contributed by atoms with Crippen LogP contribution in [-0.4, -0.2) is 60.5 Å². The highest BCUT2D eigenvalue weighted by molar-refractivity contribution is 7.89. The zero-order valence-electron chi connectivity index (χ0n) is 12.2. The predicted molar refractivity (Wildman–Crippen MR) is 77.9 cm³/mol. The van der Waals surface area contributed by atoms with E-state index >= 15 is 0 Å². The van der Waals surface area contributed by atoms with Gasteiger partial charge in [0, 0.05) is 25.8 Å². The monoisotopic (exact) mass is 300 g/mol. The zero-order chi connectivity index (χ0) is 14.6. The Morgan fingerprint density at radius 1 is 1.35 bits per heavy atom. The predicted octanol–water partition coefficient (Wildman–Crippen LogP) is 1.15. The third-order valence-electron chi connectivity index (χ3n) is 4.10. The number of hydrogen-bond donors (Lipinski definition) is 1. The summed E-state index contributed by atoms with van der Waals surface area (Å²) in [7, 11) is -3.36. The summed E-state index contributed by atoms with van der Waals surface area (Å²) in [6.07, 6.45) is 4.69. The van der Waals surface area contributed by atoms with Gasteiger partial charge in [0.25, 0.3) is 0 Å². The van der Waals surface area contributed by atoms with Crippen molar-refractivity contribution in [1.82, 2.24) is 19.4 Å². The van der Waals surface area contributed by atoms with Crippen molar-refractivity contribution in [2.75, 3.05) is 32.7 Å². The summed E-state index contributed by atoms with van der Waals surface area (Å²) in [6, 6.07) is 0. The van der Waals surface area contributed by atoms with Crippen LogP contribution in [-0.2, 0) is 10.0 Å². The zero-order valence-corrected chi connectivity index (χ0v) is 13.1. The van der Waals surface area contributed by atoms with Gasteiger partial charge >= 0.3 is 0 Å². The minimum absolute atomic E-state index is 0.264. The number of piperidine rings is 1. The maximum atomic E-state index is 12.3. The first-order valence-corrected chi connectivity index (χ1v) is 8.73. The molecule has 1 aromatic heterocycles. The molecule has 1 aliphatic rings. The highest BCUT2D eigenvalue weighted by atomic mass is 32.2. The minimum atomic E-state index is -3.36. The number of sulfonamides is 1. The molecule has 0 radical (unpaired) electrons. The second kappa shape index (κ2) is 6.69. The van der Waals surface area contributed by atoms with Gasteiger partial charge in [-0.2, -0.15) is 9.40 Å². The first-order valence-electron chi connectivity index (χ1n) is 7.29. The summed E-state index contributed by atoms with van der Waals surface area (Å²) in [6.45, 7) is 8.75. The number of hydrogen-bond acceptors (Lipinski definition) is 4. The normalized spacial score (nSPS) is 18.8. The quantitative estimate of drug-likeness (QED) is 0.856. The van der Waals surface area contributed by atoms with E-state index in [0.717, 1.165) is 32.5 Å². The van der Waals surface area contributed by atoms with E-state index in [1.165, 1.54) is 12.4 Å². The molecule has 2 rings (SSSR count). The van der Waals surface area contributed by atoms with Crippen molar-refractivity contribution in [1.29, 1.82) is 0 Å². The van der Waals surface area contributed by atoms with Gasteiger partial charge in [0.1, 0.15) is 4.90 Å². The van der Waals surface area contributed by atoms with Crippen LogP contribution < -0.4 is 0 Å². The molecular formula is C13H24N4O2S. The highest BCUT2D eigenvalue weighted by Crippen LogP contribution is 2.23. The lowest BCUT2D eigenvalue weighted by atomic mass is 9.97. The Morgan fingerprint density at radius 3 is 2.50 bits per heavy atom. The lowest BCUT2D eigenvalue weighted by Gasteiger charge is -2.33. The Balaban J connectivity index is 1.91. The summed E-state index contributed by atoms with van der Waals surface area (Å²) in [5, 5.41) is 6.28. The number of aromatic nitrogens is 2. The molecule has 114 valence electrons. The van der Waals surface area contributed by atoms with Gasteiger partial charge in [-0.15, -0.1) is 0 Å². The van der Waals surface area contributed by atoms with E-state index in [0.29, 0.717) is 19.0 Å². The van der Waals surface area contributed by atoms with Crippen LogP contribution >= 0.6 is 0 Å². The number of H-pyrrole nitrogens is 1. The van der Waals surface area contributed by atoms with Gasteiger partial charge in [-0.1, -0.05) is 13.8 Å². The molecule has 0 unspecified atom stereocenters. The van der Waals surface area contributed by atoms with Gasteiger partial charge in [-0.25, -0.2) is 8.42 Å². The molecule has 0 bridgehead atoms. The first-order chi connectivity index (χ1) is 9.57. The molecular weight excluding hydrogens is 276 g/mol.